The topological polar surface area (TPSA) is 74.7 Å². The molecule has 0 unspecified atom stereocenters. The minimum atomic E-state index is -0.403. The molecule has 1 aromatic heterocycles. The van der Waals surface area contributed by atoms with Crippen molar-refractivity contribution < 1.29 is 9.21 Å². The van der Waals surface area contributed by atoms with Crippen molar-refractivity contribution in [3.8, 4) is 0 Å². The molecule has 20 heavy (non-hydrogen) atoms. The number of likely N-dealkylation sites (N-methyl/N-ethyl adjacent to an activating group) is 1. The second kappa shape index (κ2) is 8.04. The van der Waals surface area contributed by atoms with Gasteiger partial charge in [-0.25, -0.2) is 5.84 Å². The van der Waals surface area contributed by atoms with Crippen LogP contribution in [0.3, 0.4) is 0 Å². The average molecular weight is 282 g/mol. The van der Waals surface area contributed by atoms with Gasteiger partial charge in [0.15, 0.2) is 5.76 Å². The van der Waals surface area contributed by atoms with E-state index in [2.05, 4.69) is 43.2 Å². The highest BCUT2D eigenvalue weighted by atomic mass is 16.4. The average Bonchev–Trinajstić information content (AvgIpc) is 2.82. The zero-order chi connectivity index (χ0) is 15.1. The summed E-state index contributed by atoms with van der Waals surface area (Å²) >= 11 is 0. The summed E-state index contributed by atoms with van der Waals surface area (Å²) in [6, 6.07) is 3.48. The molecule has 0 radical (unpaired) electrons. The van der Waals surface area contributed by atoms with E-state index in [1.54, 1.807) is 6.07 Å². The Kier molecular flexibility index (Phi) is 6.70. The Bertz CT molecular complexity index is 415. The summed E-state index contributed by atoms with van der Waals surface area (Å²) in [5, 5.41) is 0. The minimum Gasteiger partial charge on any atom is -0.455 e. The van der Waals surface area contributed by atoms with Crippen molar-refractivity contribution in [2.45, 2.75) is 20.4 Å². The van der Waals surface area contributed by atoms with Gasteiger partial charge in [0.1, 0.15) is 5.76 Å². The third-order valence-corrected chi connectivity index (χ3v) is 2.88. The molecular formula is C14H26N4O2. The molecule has 0 aliphatic carbocycles. The van der Waals surface area contributed by atoms with Gasteiger partial charge in [-0.15, -0.1) is 0 Å². The highest BCUT2D eigenvalue weighted by Gasteiger charge is 2.13. The van der Waals surface area contributed by atoms with Gasteiger partial charge in [0.25, 0.3) is 0 Å². The summed E-state index contributed by atoms with van der Waals surface area (Å²) in [4.78, 5) is 15.8. The first-order valence-corrected chi connectivity index (χ1v) is 6.89. The van der Waals surface area contributed by atoms with Crippen molar-refractivity contribution in [2.24, 2.45) is 11.8 Å². The van der Waals surface area contributed by atoms with Crippen LogP contribution in [0.5, 0.6) is 0 Å². The molecule has 1 heterocycles. The molecule has 0 fully saturated rings. The predicted molar refractivity (Wildman–Crippen MR) is 79.0 cm³/mol. The second-order valence-corrected chi connectivity index (χ2v) is 5.67. The van der Waals surface area contributed by atoms with Crippen molar-refractivity contribution in [2.75, 3.05) is 33.7 Å². The fourth-order valence-electron chi connectivity index (χ4n) is 1.97. The Balaban J connectivity index is 2.63. The molecule has 0 saturated carbocycles. The highest BCUT2D eigenvalue weighted by molar-refractivity contribution is 5.90. The Morgan fingerprint density at radius 1 is 1.35 bits per heavy atom. The van der Waals surface area contributed by atoms with E-state index >= 15 is 0 Å². The van der Waals surface area contributed by atoms with Crippen molar-refractivity contribution in [1.29, 1.82) is 0 Å². The number of nitrogens with one attached hydrogen (secondary N) is 1. The van der Waals surface area contributed by atoms with Crippen molar-refractivity contribution in [3.63, 3.8) is 0 Å². The number of furan rings is 1. The molecule has 0 atom stereocenters. The summed E-state index contributed by atoms with van der Waals surface area (Å²) in [6.45, 7) is 8.03. The second-order valence-electron chi connectivity index (χ2n) is 5.67. The molecule has 114 valence electrons. The Morgan fingerprint density at radius 3 is 2.60 bits per heavy atom. The highest BCUT2D eigenvalue weighted by Crippen LogP contribution is 2.12. The first kappa shape index (κ1) is 16.7. The van der Waals surface area contributed by atoms with Crippen LogP contribution < -0.4 is 11.3 Å². The zero-order valence-electron chi connectivity index (χ0n) is 12.8. The van der Waals surface area contributed by atoms with Crippen LogP contribution in [0.4, 0.5) is 0 Å². The van der Waals surface area contributed by atoms with Gasteiger partial charge in [0.2, 0.25) is 0 Å². The number of nitrogens with zero attached hydrogens (tertiary/aromatic N) is 2. The molecule has 1 amide bonds. The molecule has 3 N–H and O–H groups in total. The smallest absolute Gasteiger partial charge is 0.300 e. The van der Waals surface area contributed by atoms with Crippen LogP contribution in [-0.2, 0) is 6.54 Å². The quantitative estimate of drug-likeness (QED) is 0.421. The number of hydrazine groups is 1. The van der Waals surface area contributed by atoms with Crippen LogP contribution >= 0.6 is 0 Å². The van der Waals surface area contributed by atoms with Gasteiger partial charge < -0.3 is 9.32 Å². The van der Waals surface area contributed by atoms with E-state index in [1.807, 2.05) is 6.07 Å². The van der Waals surface area contributed by atoms with E-state index in [1.165, 1.54) is 0 Å². The lowest BCUT2D eigenvalue weighted by molar-refractivity contribution is 0.0921. The van der Waals surface area contributed by atoms with Gasteiger partial charge >= 0.3 is 5.91 Å². The fraction of sp³-hybridized carbons (Fsp3) is 0.643. The largest absolute Gasteiger partial charge is 0.455 e. The van der Waals surface area contributed by atoms with Crippen molar-refractivity contribution >= 4 is 5.91 Å². The lowest BCUT2D eigenvalue weighted by Gasteiger charge is -2.24. The third kappa shape index (κ3) is 5.73. The molecule has 1 rings (SSSR count). The maximum absolute atomic E-state index is 11.4. The predicted octanol–water partition coefficient (Wildman–Crippen LogP) is 0.903. The summed E-state index contributed by atoms with van der Waals surface area (Å²) < 4.78 is 5.51. The summed E-state index contributed by atoms with van der Waals surface area (Å²) in [7, 11) is 4.12. The molecule has 0 aliphatic rings. The number of nitrogen functional groups attached to an aromatic ring is 1. The zero-order valence-corrected chi connectivity index (χ0v) is 12.8. The number of nitrogens with two attached hydrogens (primary N) is 1. The van der Waals surface area contributed by atoms with E-state index in [0.29, 0.717) is 12.5 Å². The van der Waals surface area contributed by atoms with Crippen LogP contribution in [0.2, 0.25) is 0 Å². The summed E-state index contributed by atoms with van der Waals surface area (Å²) in [5.41, 5.74) is 2.07. The molecule has 0 saturated heterocycles. The maximum Gasteiger partial charge on any atom is 0.300 e. The van der Waals surface area contributed by atoms with Gasteiger partial charge in [-0.3, -0.25) is 15.1 Å². The molecule has 6 nitrogen and oxygen atoms in total. The van der Waals surface area contributed by atoms with Crippen LogP contribution in [0.1, 0.15) is 30.2 Å². The summed E-state index contributed by atoms with van der Waals surface area (Å²) in [5.74, 6) is 6.30. The number of amides is 1. The lowest BCUT2D eigenvalue weighted by atomic mass is 10.2. The normalized spacial score (nSPS) is 11.6. The molecule has 1 aromatic rings. The number of carbonyl (C=O) groups excluding carboxylic acids is 1. The SMILES string of the molecule is CC(C)CN(CCN(C)C)Cc1ccc(C(=O)NN)o1. The fourth-order valence-corrected chi connectivity index (χ4v) is 1.97. The minimum absolute atomic E-state index is 0.250. The van der Waals surface area contributed by atoms with E-state index < -0.39 is 5.91 Å². The molecule has 0 bridgehead atoms. The van der Waals surface area contributed by atoms with E-state index in [4.69, 9.17) is 10.3 Å². The molecule has 6 heteroatoms. The van der Waals surface area contributed by atoms with Gasteiger partial charge in [-0.2, -0.15) is 0 Å². The Morgan fingerprint density at radius 2 is 2.05 bits per heavy atom. The van der Waals surface area contributed by atoms with Crippen LogP contribution in [-0.4, -0.2) is 49.4 Å². The Hall–Kier alpha value is -1.37. The number of hydrogen-bond acceptors (Lipinski definition) is 5. The molecule has 0 aliphatic heterocycles. The first-order valence-electron chi connectivity index (χ1n) is 6.89. The number of rotatable bonds is 8. The molecule has 0 spiro atoms. The third-order valence-electron chi connectivity index (χ3n) is 2.88. The maximum atomic E-state index is 11.4. The molecular weight excluding hydrogens is 256 g/mol. The van der Waals surface area contributed by atoms with Gasteiger partial charge in [-0.05, 0) is 32.1 Å². The van der Waals surface area contributed by atoms with Crippen molar-refractivity contribution in [3.05, 3.63) is 23.7 Å². The van der Waals surface area contributed by atoms with Gasteiger partial charge in [-0.1, -0.05) is 13.8 Å². The van der Waals surface area contributed by atoms with Crippen LogP contribution in [0, 0.1) is 5.92 Å². The standard InChI is InChI=1S/C14H26N4O2/c1-11(2)9-18(8-7-17(3)4)10-12-5-6-13(20-12)14(19)16-15/h5-6,11H,7-10,15H2,1-4H3,(H,16,19). The molecule has 0 aromatic carbocycles. The monoisotopic (exact) mass is 282 g/mol. The van der Waals surface area contributed by atoms with E-state index in [0.717, 1.165) is 25.4 Å². The van der Waals surface area contributed by atoms with Crippen molar-refractivity contribution in [1.82, 2.24) is 15.2 Å². The number of carbonyl (C=O) groups is 1. The number of hydrogen-bond donors (Lipinski definition) is 2. The van der Waals surface area contributed by atoms with Crippen LogP contribution in [0.15, 0.2) is 16.5 Å². The van der Waals surface area contributed by atoms with E-state index in [-0.39, 0.29) is 5.76 Å². The Labute approximate surface area is 120 Å². The first-order chi connectivity index (χ1) is 9.42. The van der Waals surface area contributed by atoms with E-state index in [9.17, 15) is 4.79 Å². The summed E-state index contributed by atoms with van der Waals surface area (Å²) in [6.07, 6.45) is 0. The van der Waals surface area contributed by atoms with Crippen LogP contribution in [0.25, 0.3) is 0 Å². The lowest BCUT2D eigenvalue weighted by Crippen LogP contribution is -2.33. The van der Waals surface area contributed by atoms with Gasteiger partial charge in [0.05, 0.1) is 6.54 Å². The van der Waals surface area contributed by atoms with Gasteiger partial charge in [0, 0.05) is 19.6 Å².